The molecule has 1 aromatic carbocycles. The molecule has 2 fully saturated rings. The van der Waals surface area contributed by atoms with Crippen LogP contribution in [0.1, 0.15) is 34.5 Å². The number of hydrogen-bond acceptors (Lipinski definition) is 8. The van der Waals surface area contributed by atoms with Crippen LogP contribution in [-0.2, 0) is 24.2 Å². The van der Waals surface area contributed by atoms with E-state index in [0.717, 1.165) is 60.4 Å². The summed E-state index contributed by atoms with van der Waals surface area (Å²) in [6.07, 6.45) is -2.05. The van der Waals surface area contributed by atoms with Crippen LogP contribution in [-0.4, -0.2) is 64.0 Å². The molecule has 8 nitrogen and oxygen atoms in total. The van der Waals surface area contributed by atoms with Crippen LogP contribution in [0.15, 0.2) is 42.9 Å². The Morgan fingerprint density at radius 2 is 2.02 bits per heavy atom. The summed E-state index contributed by atoms with van der Waals surface area (Å²) in [5.74, 6) is 0.599. The minimum absolute atomic E-state index is 0.0341. The molecule has 0 saturated carbocycles. The highest BCUT2D eigenvalue weighted by atomic mass is 32.1. The molecule has 2 N–H and O–H groups in total. The number of nitrogens with one attached hydrogen (secondary N) is 2. The molecular formula is C30H32F3N7OS. The van der Waals surface area contributed by atoms with E-state index in [0.29, 0.717) is 41.4 Å². The predicted octanol–water partition coefficient (Wildman–Crippen LogP) is 5.51. The topological polar surface area (TPSA) is 91.0 Å². The van der Waals surface area contributed by atoms with Crippen molar-refractivity contribution in [2.75, 3.05) is 31.6 Å². The maximum absolute atomic E-state index is 12.9. The molecule has 2 saturated heterocycles. The molecule has 2 aliphatic rings. The summed E-state index contributed by atoms with van der Waals surface area (Å²) in [6.45, 7) is 10.3. The van der Waals surface area contributed by atoms with E-state index in [1.807, 2.05) is 10.6 Å². The van der Waals surface area contributed by atoms with Crippen molar-refractivity contribution in [3.63, 3.8) is 0 Å². The number of aromatic nitrogens is 3. The number of likely N-dealkylation sites (tertiary alicyclic amines) is 1. The number of hydrogen-bond donors (Lipinski definition) is 2. The summed E-state index contributed by atoms with van der Waals surface area (Å²) in [5, 5.41) is 18.3. The summed E-state index contributed by atoms with van der Waals surface area (Å²) < 4.78 is 46.6. The first-order chi connectivity index (χ1) is 20.2. The SMILES string of the molecule is C=C1CO[C@H](Cn2c(C#N)cc3c(C)c(CN4CCC(Nc5ncnc6sc(CC(F)(F)F)cc56)CC4)ccc32)CN1. The fourth-order valence-electron chi connectivity index (χ4n) is 5.86. The lowest BCUT2D eigenvalue weighted by atomic mass is 10.0. The van der Waals surface area contributed by atoms with Gasteiger partial charge in [-0.15, -0.1) is 11.3 Å². The van der Waals surface area contributed by atoms with Gasteiger partial charge in [0, 0.05) is 53.7 Å². The summed E-state index contributed by atoms with van der Waals surface area (Å²) in [5.41, 5.74) is 4.94. The van der Waals surface area contributed by atoms with Crippen LogP contribution in [0.4, 0.5) is 19.0 Å². The average molecular weight is 596 g/mol. The maximum Gasteiger partial charge on any atom is 0.393 e. The number of nitriles is 1. The summed E-state index contributed by atoms with van der Waals surface area (Å²) >= 11 is 1.07. The second kappa shape index (κ2) is 11.6. The maximum atomic E-state index is 12.9. The second-order valence-corrected chi connectivity index (χ2v) is 12.2. The predicted molar refractivity (Wildman–Crippen MR) is 157 cm³/mol. The molecule has 3 aromatic heterocycles. The van der Waals surface area contributed by atoms with Gasteiger partial charge >= 0.3 is 6.18 Å². The van der Waals surface area contributed by atoms with Crippen molar-refractivity contribution in [2.45, 2.75) is 57.6 Å². The van der Waals surface area contributed by atoms with E-state index in [9.17, 15) is 18.4 Å². The highest BCUT2D eigenvalue weighted by molar-refractivity contribution is 7.18. The van der Waals surface area contributed by atoms with Gasteiger partial charge in [0.1, 0.15) is 28.7 Å². The van der Waals surface area contributed by atoms with Crippen LogP contribution in [0, 0.1) is 18.3 Å². The Balaban J connectivity index is 1.10. The fourth-order valence-corrected chi connectivity index (χ4v) is 6.89. The molecule has 12 heteroatoms. The third-order valence-corrected chi connectivity index (χ3v) is 9.16. The molecule has 5 heterocycles. The number of piperidine rings is 1. The number of ether oxygens (including phenoxy) is 1. The van der Waals surface area contributed by atoms with Gasteiger partial charge in [0.15, 0.2) is 0 Å². The third-order valence-electron chi connectivity index (χ3n) is 8.12. The molecule has 42 heavy (non-hydrogen) atoms. The third kappa shape index (κ3) is 6.09. The second-order valence-electron chi connectivity index (χ2n) is 11.1. The van der Waals surface area contributed by atoms with Gasteiger partial charge in [0.25, 0.3) is 0 Å². The standard InChI is InChI=1S/C30H32F3N7OS/c1-18-16-41-23(13-35-18)15-40-22(12-34)9-25-19(2)20(3-4-27(25)40)14-39-7-5-21(6-8-39)38-28-26-10-24(11-30(31,32)33)42-29(26)37-17-36-28/h3-4,9-10,17,21,23,35H,1,5-8,11,13-16H2,2H3,(H,36,37,38)/t23-/m0/s1. The first-order valence-corrected chi connectivity index (χ1v) is 14.8. The van der Waals surface area contributed by atoms with E-state index in [-0.39, 0.29) is 17.0 Å². The Morgan fingerprint density at radius 1 is 1.21 bits per heavy atom. The van der Waals surface area contributed by atoms with Crippen LogP contribution < -0.4 is 10.6 Å². The van der Waals surface area contributed by atoms with E-state index < -0.39 is 12.6 Å². The Morgan fingerprint density at radius 3 is 2.74 bits per heavy atom. The van der Waals surface area contributed by atoms with Crippen molar-refractivity contribution in [3.05, 3.63) is 64.6 Å². The van der Waals surface area contributed by atoms with Crippen molar-refractivity contribution in [1.29, 1.82) is 5.26 Å². The zero-order valence-electron chi connectivity index (χ0n) is 23.3. The molecule has 0 radical (unpaired) electrons. The normalized spacial score (nSPS) is 18.8. The summed E-state index contributed by atoms with van der Waals surface area (Å²) in [4.78, 5) is 11.8. The molecule has 0 aliphatic carbocycles. The fraction of sp³-hybridized carbons (Fsp3) is 0.433. The molecule has 2 aliphatic heterocycles. The van der Waals surface area contributed by atoms with Crippen LogP contribution in [0.3, 0.4) is 0 Å². The van der Waals surface area contributed by atoms with Crippen LogP contribution in [0.25, 0.3) is 21.1 Å². The average Bonchev–Trinajstić information content (AvgIpc) is 3.53. The van der Waals surface area contributed by atoms with Crippen molar-refractivity contribution >= 4 is 38.3 Å². The summed E-state index contributed by atoms with van der Waals surface area (Å²) in [7, 11) is 0. The lowest BCUT2D eigenvalue weighted by Crippen LogP contribution is -2.39. The van der Waals surface area contributed by atoms with Gasteiger partial charge in [-0.1, -0.05) is 12.6 Å². The van der Waals surface area contributed by atoms with Gasteiger partial charge in [-0.05, 0) is 49.1 Å². The number of thiophene rings is 1. The van der Waals surface area contributed by atoms with E-state index in [1.165, 1.54) is 17.5 Å². The Labute approximate surface area is 245 Å². The number of benzene rings is 1. The number of morpholine rings is 1. The molecule has 0 bridgehead atoms. The first kappa shape index (κ1) is 28.5. The van der Waals surface area contributed by atoms with Gasteiger partial charge in [-0.25, -0.2) is 9.97 Å². The van der Waals surface area contributed by atoms with E-state index in [4.69, 9.17) is 4.74 Å². The van der Waals surface area contributed by atoms with Gasteiger partial charge < -0.3 is 19.9 Å². The summed E-state index contributed by atoms with van der Waals surface area (Å²) in [6, 6.07) is 10.3. The minimum atomic E-state index is -4.25. The van der Waals surface area contributed by atoms with Crippen molar-refractivity contribution in [2.24, 2.45) is 0 Å². The quantitative estimate of drug-likeness (QED) is 0.291. The molecule has 220 valence electrons. The van der Waals surface area contributed by atoms with Crippen LogP contribution in [0.5, 0.6) is 0 Å². The molecule has 0 spiro atoms. The van der Waals surface area contributed by atoms with Gasteiger partial charge in [-0.3, -0.25) is 4.90 Å². The lowest BCUT2D eigenvalue weighted by molar-refractivity contribution is -0.126. The number of nitrogens with zero attached hydrogens (tertiary/aromatic N) is 5. The number of fused-ring (bicyclic) bond motifs is 2. The van der Waals surface area contributed by atoms with Crippen molar-refractivity contribution in [1.82, 2.24) is 24.8 Å². The molecule has 0 unspecified atom stereocenters. The number of halogens is 3. The molecular weight excluding hydrogens is 563 g/mol. The largest absolute Gasteiger partial charge is 0.393 e. The van der Waals surface area contributed by atoms with E-state index >= 15 is 0 Å². The zero-order chi connectivity index (χ0) is 29.4. The van der Waals surface area contributed by atoms with Crippen molar-refractivity contribution < 1.29 is 17.9 Å². The smallest absolute Gasteiger partial charge is 0.384 e. The Hall–Kier alpha value is -3.66. The first-order valence-electron chi connectivity index (χ1n) is 14.0. The lowest BCUT2D eigenvalue weighted by Gasteiger charge is -2.33. The Kier molecular flexibility index (Phi) is 7.83. The van der Waals surface area contributed by atoms with Gasteiger partial charge in [0.05, 0.1) is 31.1 Å². The number of aryl methyl sites for hydroxylation is 1. The monoisotopic (exact) mass is 595 g/mol. The molecule has 6 rings (SSSR count). The van der Waals surface area contributed by atoms with Crippen LogP contribution in [0.2, 0.25) is 0 Å². The molecule has 1 atom stereocenters. The minimum Gasteiger partial charge on any atom is -0.384 e. The number of anilines is 1. The Bertz CT molecular complexity index is 1650. The number of alkyl halides is 3. The molecule has 0 amide bonds. The highest BCUT2D eigenvalue weighted by Crippen LogP contribution is 2.33. The van der Waals surface area contributed by atoms with Gasteiger partial charge in [0.2, 0.25) is 0 Å². The van der Waals surface area contributed by atoms with Crippen molar-refractivity contribution in [3.8, 4) is 6.07 Å². The van der Waals surface area contributed by atoms with Crippen LogP contribution >= 0.6 is 11.3 Å². The van der Waals surface area contributed by atoms with Gasteiger partial charge in [-0.2, -0.15) is 18.4 Å². The highest BCUT2D eigenvalue weighted by Gasteiger charge is 2.29. The molecule has 4 aromatic rings. The van der Waals surface area contributed by atoms with E-state index in [1.54, 1.807) is 6.07 Å². The zero-order valence-corrected chi connectivity index (χ0v) is 24.1. The number of rotatable bonds is 7. The van der Waals surface area contributed by atoms with E-state index in [2.05, 4.69) is 57.2 Å².